The van der Waals surface area contributed by atoms with Crippen molar-refractivity contribution in [1.82, 2.24) is 0 Å². The standard InChI is InChI=1S/C7H13Br2N/c1-2-5(9)6-4(3-8)7(6)10/h4-7H,2-3,10H2,1H3. The zero-order valence-electron chi connectivity index (χ0n) is 6.06. The lowest BCUT2D eigenvalue weighted by Gasteiger charge is -2.02. The van der Waals surface area contributed by atoms with Gasteiger partial charge >= 0.3 is 0 Å². The van der Waals surface area contributed by atoms with Crippen LogP contribution in [-0.4, -0.2) is 16.2 Å². The Bertz CT molecular complexity index is 112. The van der Waals surface area contributed by atoms with Crippen molar-refractivity contribution in [3.05, 3.63) is 0 Å². The molecule has 0 saturated heterocycles. The van der Waals surface area contributed by atoms with E-state index >= 15 is 0 Å². The molecule has 4 unspecified atom stereocenters. The Morgan fingerprint density at radius 2 is 2.20 bits per heavy atom. The SMILES string of the molecule is CCC(Br)C1C(N)C1CBr. The average Bonchev–Trinajstić information content (AvgIpc) is 2.59. The first-order valence-electron chi connectivity index (χ1n) is 3.68. The minimum absolute atomic E-state index is 0.434. The van der Waals surface area contributed by atoms with E-state index in [0.717, 1.165) is 5.33 Å². The second-order valence-corrected chi connectivity index (χ2v) is 4.72. The number of alkyl halides is 2. The van der Waals surface area contributed by atoms with Crippen LogP contribution in [0.3, 0.4) is 0 Å². The molecule has 0 aromatic rings. The second-order valence-electron chi connectivity index (χ2n) is 2.90. The highest BCUT2D eigenvalue weighted by Crippen LogP contribution is 2.44. The fourth-order valence-corrected chi connectivity index (χ4v) is 3.02. The molecular weight excluding hydrogens is 258 g/mol. The van der Waals surface area contributed by atoms with E-state index in [4.69, 9.17) is 5.73 Å². The van der Waals surface area contributed by atoms with E-state index in [1.54, 1.807) is 0 Å². The number of hydrogen-bond donors (Lipinski definition) is 1. The molecule has 2 N–H and O–H groups in total. The third-order valence-electron chi connectivity index (χ3n) is 2.28. The average molecular weight is 271 g/mol. The molecule has 0 bridgehead atoms. The van der Waals surface area contributed by atoms with Crippen LogP contribution in [0.2, 0.25) is 0 Å². The third-order valence-corrected chi connectivity index (χ3v) is 4.28. The minimum Gasteiger partial charge on any atom is -0.327 e. The van der Waals surface area contributed by atoms with Crippen molar-refractivity contribution < 1.29 is 0 Å². The van der Waals surface area contributed by atoms with Crippen molar-refractivity contribution in [2.45, 2.75) is 24.2 Å². The summed E-state index contributed by atoms with van der Waals surface area (Å²) in [5, 5.41) is 1.06. The molecule has 4 atom stereocenters. The first-order valence-corrected chi connectivity index (χ1v) is 5.71. The van der Waals surface area contributed by atoms with E-state index in [1.807, 2.05) is 0 Å². The van der Waals surface area contributed by atoms with Crippen LogP contribution in [0, 0.1) is 11.8 Å². The molecule has 1 saturated carbocycles. The summed E-state index contributed by atoms with van der Waals surface area (Å²) in [5.74, 6) is 1.42. The maximum Gasteiger partial charge on any atom is 0.0189 e. The molecule has 0 aromatic heterocycles. The van der Waals surface area contributed by atoms with Crippen LogP contribution in [0.4, 0.5) is 0 Å². The zero-order chi connectivity index (χ0) is 7.72. The van der Waals surface area contributed by atoms with Gasteiger partial charge in [-0.25, -0.2) is 0 Å². The number of hydrogen-bond acceptors (Lipinski definition) is 1. The molecule has 60 valence electrons. The fraction of sp³-hybridized carbons (Fsp3) is 1.00. The summed E-state index contributed by atoms with van der Waals surface area (Å²) in [6.07, 6.45) is 1.18. The predicted octanol–water partition coefficient (Wildman–Crippen LogP) is 2.13. The van der Waals surface area contributed by atoms with Gasteiger partial charge in [-0.1, -0.05) is 38.8 Å². The van der Waals surface area contributed by atoms with E-state index in [-0.39, 0.29) is 0 Å². The van der Waals surface area contributed by atoms with E-state index in [0.29, 0.717) is 22.7 Å². The summed E-state index contributed by atoms with van der Waals surface area (Å²) in [6, 6.07) is 0.434. The number of halogens is 2. The van der Waals surface area contributed by atoms with Gasteiger partial charge in [-0.15, -0.1) is 0 Å². The molecule has 0 aromatic carbocycles. The summed E-state index contributed by atoms with van der Waals surface area (Å²) >= 11 is 7.08. The van der Waals surface area contributed by atoms with Gasteiger partial charge in [0.25, 0.3) is 0 Å². The van der Waals surface area contributed by atoms with Gasteiger partial charge in [0, 0.05) is 16.2 Å². The van der Waals surface area contributed by atoms with Gasteiger partial charge in [0.1, 0.15) is 0 Å². The Balaban J connectivity index is 2.32. The molecule has 1 fully saturated rings. The lowest BCUT2D eigenvalue weighted by Crippen LogP contribution is -2.09. The fourth-order valence-electron chi connectivity index (χ4n) is 1.42. The molecule has 3 heteroatoms. The van der Waals surface area contributed by atoms with E-state index in [9.17, 15) is 0 Å². The maximum atomic E-state index is 5.84. The highest BCUT2D eigenvalue weighted by Gasteiger charge is 2.49. The molecule has 0 aliphatic heterocycles. The van der Waals surface area contributed by atoms with Crippen molar-refractivity contribution in [3.63, 3.8) is 0 Å². The smallest absolute Gasteiger partial charge is 0.0189 e. The molecule has 0 radical (unpaired) electrons. The van der Waals surface area contributed by atoms with Gasteiger partial charge in [0.05, 0.1) is 0 Å². The summed E-state index contributed by atoms with van der Waals surface area (Å²) in [5.41, 5.74) is 5.84. The molecule has 0 amide bonds. The topological polar surface area (TPSA) is 26.0 Å². The molecule has 1 rings (SSSR count). The zero-order valence-corrected chi connectivity index (χ0v) is 9.23. The highest BCUT2D eigenvalue weighted by atomic mass is 79.9. The van der Waals surface area contributed by atoms with Crippen molar-refractivity contribution in [3.8, 4) is 0 Å². The second kappa shape index (κ2) is 3.55. The minimum atomic E-state index is 0.434. The first kappa shape index (κ1) is 9.01. The van der Waals surface area contributed by atoms with Crippen molar-refractivity contribution in [2.24, 2.45) is 17.6 Å². The molecule has 10 heavy (non-hydrogen) atoms. The van der Waals surface area contributed by atoms with Gasteiger partial charge in [-0.2, -0.15) is 0 Å². The maximum absolute atomic E-state index is 5.84. The van der Waals surface area contributed by atoms with Crippen molar-refractivity contribution in [1.29, 1.82) is 0 Å². The summed E-state index contributed by atoms with van der Waals surface area (Å²) in [7, 11) is 0. The van der Waals surface area contributed by atoms with Gasteiger partial charge in [-0.3, -0.25) is 0 Å². The van der Waals surface area contributed by atoms with E-state index in [2.05, 4.69) is 38.8 Å². The van der Waals surface area contributed by atoms with Gasteiger partial charge in [0.15, 0.2) is 0 Å². The van der Waals surface area contributed by atoms with Crippen molar-refractivity contribution >= 4 is 31.9 Å². The van der Waals surface area contributed by atoms with Crippen LogP contribution in [-0.2, 0) is 0 Å². The van der Waals surface area contributed by atoms with Gasteiger partial charge in [0.2, 0.25) is 0 Å². The largest absolute Gasteiger partial charge is 0.327 e. The predicted molar refractivity (Wildman–Crippen MR) is 51.8 cm³/mol. The Kier molecular flexibility index (Phi) is 3.20. The monoisotopic (exact) mass is 269 g/mol. The lowest BCUT2D eigenvalue weighted by molar-refractivity contribution is 0.685. The van der Waals surface area contributed by atoms with Crippen LogP contribution in [0.5, 0.6) is 0 Å². The Hall–Kier alpha value is 0.920. The lowest BCUT2D eigenvalue weighted by atomic mass is 10.2. The quantitative estimate of drug-likeness (QED) is 0.782. The van der Waals surface area contributed by atoms with E-state index in [1.165, 1.54) is 6.42 Å². The Morgan fingerprint density at radius 3 is 2.50 bits per heavy atom. The molecular formula is C7H13Br2N. The molecule has 1 aliphatic rings. The molecule has 0 heterocycles. The van der Waals surface area contributed by atoms with Crippen LogP contribution in [0.15, 0.2) is 0 Å². The number of nitrogens with two attached hydrogens (primary N) is 1. The van der Waals surface area contributed by atoms with Crippen LogP contribution in [0.25, 0.3) is 0 Å². The molecule has 1 nitrogen and oxygen atoms in total. The summed E-state index contributed by atoms with van der Waals surface area (Å²) < 4.78 is 0. The first-order chi connectivity index (χ1) is 4.72. The Morgan fingerprint density at radius 1 is 1.60 bits per heavy atom. The molecule has 1 aliphatic carbocycles. The van der Waals surface area contributed by atoms with Crippen LogP contribution < -0.4 is 5.73 Å². The third kappa shape index (κ3) is 1.56. The summed E-state index contributed by atoms with van der Waals surface area (Å²) in [6.45, 7) is 2.19. The van der Waals surface area contributed by atoms with Gasteiger partial charge < -0.3 is 5.73 Å². The van der Waals surface area contributed by atoms with Crippen LogP contribution in [0.1, 0.15) is 13.3 Å². The summed E-state index contributed by atoms with van der Waals surface area (Å²) in [4.78, 5) is 0.630. The normalized spacial score (nSPS) is 41.4. The molecule has 0 spiro atoms. The van der Waals surface area contributed by atoms with Gasteiger partial charge in [-0.05, 0) is 18.3 Å². The van der Waals surface area contributed by atoms with Crippen molar-refractivity contribution in [2.75, 3.05) is 5.33 Å². The number of rotatable bonds is 3. The Labute approximate surface area is 79.0 Å². The highest BCUT2D eigenvalue weighted by molar-refractivity contribution is 9.09. The van der Waals surface area contributed by atoms with Crippen LogP contribution >= 0.6 is 31.9 Å². The van der Waals surface area contributed by atoms with E-state index < -0.39 is 0 Å².